The highest BCUT2D eigenvalue weighted by Crippen LogP contribution is 2.17. The van der Waals surface area contributed by atoms with Crippen LogP contribution < -0.4 is 0 Å². The molecule has 0 saturated heterocycles. The number of rotatable bonds is 4. The van der Waals surface area contributed by atoms with Crippen LogP contribution in [0.15, 0.2) is 23.0 Å². The van der Waals surface area contributed by atoms with Gasteiger partial charge >= 0.3 is 0 Å². The van der Waals surface area contributed by atoms with E-state index in [1.165, 1.54) is 4.68 Å². The highest BCUT2D eigenvalue weighted by Gasteiger charge is 2.09. The topological polar surface area (TPSA) is 71.2 Å². The zero-order valence-corrected chi connectivity index (χ0v) is 8.76. The third kappa shape index (κ3) is 2.41. The van der Waals surface area contributed by atoms with Gasteiger partial charge in [0.1, 0.15) is 5.69 Å². The molecule has 2 heterocycles. The Bertz CT molecular complexity index is 413. The normalized spacial score (nSPS) is 12.9. The zero-order chi connectivity index (χ0) is 10.7. The molecule has 2 rings (SSSR count). The molecule has 1 unspecified atom stereocenters. The number of aliphatic hydroxyl groups excluding tert-OH is 2. The van der Waals surface area contributed by atoms with E-state index in [-0.39, 0.29) is 6.61 Å². The lowest BCUT2D eigenvalue weighted by Crippen LogP contribution is -2.08. The number of hydrogen-bond acceptors (Lipinski definition) is 5. The summed E-state index contributed by atoms with van der Waals surface area (Å²) in [6.45, 7) is 0.221. The van der Waals surface area contributed by atoms with Gasteiger partial charge in [0.25, 0.3) is 0 Å². The van der Waals surface area contributed by atoms with Crippen molar-refractivity contribution >= 4 is 11.3 Å². The smallest absolute Gasteiger partial charge is 0.108 e. The Hall–Kier alpha value is -1.24. The third-order valence-corrected chi connectivity index (χ3v) is 2.74. The van der Waals surface area contributed by atoms with Crippen LogP contribution in [0.4, 0.5) is 0 Å². The molecule has 0 bridgehead atoms. The van der Waals surface area contributed by atoms with Crippen molar-refractivity contribution in [3.63, 3.8) is 0 Å². The van der Waals surface area contributed by atoms with E-state index in [4.69, 9.17) is 5.11 Å². The summed E-state index contributed by atoms with van der Waals surface area (Å²) in [5.41, 5.74) is 1.38. The fourth-order valence-corrected chi connectivity index (χ4v) is 1.95. The molecule has 6 heteroatoms. The molecular formula is C9H11N3O2S. The molecule has 15 heavy (non-hydrogen) atoms. The SMILES string of the molecule is OCc1cn(CC(O)c2ccsc2)nn1. The van der Waals surface area contributed by atoms with Crippen LogP contribution in [0.1, 0.15) is 17.4 Å². The number of aromatic nitrogens is 3. The fraction of sp³-hybridized carbons (Fsp3) is 0.333. The fourth-order valence-electron chi connectivity index (χ4n) is 1.25. The maximum absolute atomic E-state index is 9.80. The van der Waals surface area contributed by atoms with Crippen LogP contribution in [0.3, 0.4) is 0 Å². The quantitative estimate of drug-likeness (QED) is 0.797. The van der Waals surface area contributed by atoms with E-state index < -0.39 is 6.10 Å². The predicted octanol–water partition coefficient (Wildman–Crippen LogP) is 0.566. The Balaban J connectivity index is 2.02. The van der Waals surface area contributed by atoms with Gasteiger partial charge in [-0.1, -0.05) is 5.21 Å². The van der Waals surface area contributed by atoms with Crippen LogP contribution >= 0.6 is 11.3 Å². The number of aliphatic hydroxyl groups is 2. The first-order chi connectivity index (χ1) is 7.29. The average molecular weight is 225 g/mol. The summed E-state index contributed by atoms with van der Waals surface area (Å²) in [5.74, 6) is 0. The molecule has 5 nitrogen and oxygen atoms in total. The first kappa shape index (κ1) is 10.3. The van der Waals surface area contributed by atoms with E-state index in [2.05, 4.69) is 10.3 Å². The largest absolute Gasteiger partial charge is 0.390 e. The molecule has 0 saturated carbocycles. The first-order valence-electron chi connectivity index (χ1n) is 4.49. The minimum atomic E-state index is -0.579. The second-order valence-corrected chi connectivity index (χ2v) is 3.94. The molecular weight excluding hydrogens is 214 g/mol. The molecule has 0 spiro atoms. The van der Waals surface area contributed by atoms with Crippen molar-refractivity contribution in [3.05, 3.63) is 34.3 Å². The van der Waals surface area contributed by atoms with E-state index in [9.17, 15) is 5.11 Å². The molecule has 80 valence electrons. The Morgan fingerprint density at radius 1 is 1.53 bits per heavy atom. The van der Waals surface area contributed by atoms with Gasteiger partial charge in [0.15, 0.2) is 0 Å². The van der Waals surface area contributed by atoms with Crippen LogP contribution in [0, 0.1) is 0 Å². The summed E-state index contributed by atoms with van der Waals surface area (Å²) in [7, 11) is 0. The van der Waals surface area contributed by atoms with Crippen molar-refractivity contribution in [3.8, 4) is 0 Å². The monoisotopic (exact) mass is 225 g/mol. The molecule has 0 radical (unpaired) electrons. The second-order valence-electron chi connectivity index (χ2n) is 3.16. The van der Waals surface area contributed by atoms with Crippen molar-refractivity contribution in [2.75, 3.05) is 0 Å². The Morgan fingerprint density at radius 3 is 3.00 bits per heavy atom. The molecule has 2 N–H and O–H groups in total. The second kappa shape index (κ2) is 4.52. The molecule has 0 amide bonds. The van der Waals surface area contributed by atoms with E-state index in [0.717, 1.165) is 5.56 Å². The molecule has 0 aromatic carbocycles. The van der Waals surface area contributed by atoms with Crippen molar-refractivity contribution in [2.24, 2.45) is 0 Å². The van der Waals surface area contributed by atoms with Crippen molar-refractivity contribution in [1.82, 2.24) is 15.0 Å². The van der Waals surface area contributed by atoms with E-state index in [1.54, 1.807) is 17.5 Å². The van der Waals surface area contributed by atoms with Crippen molar-refractivity contribution in [1.29, 1.82) is 0 Å². The van der Waals surface area contributed by atoms with Crippen LogP contribution in [-0.2, 0) is 13.2 Å². The Labute approximate surface area is 90.6 Å². The number of nitrogens with zero attached hydrogens (tertiary/aromatic N) is 3. The van der Waals surface area contributed by atoms with Gasteiger partial charge in [-0.2, -0.15) is 11.3 Å². The summed E-state index contributed by atoms with van der Waals surface area (Å²) >= 11 is 1.54. The standard InChI is InChI=1S/C9H11N3O2S/c13-5-8-3-12(11-10-8)4-9(14)7-1-2-15-6-7/h1-3,6,9,13-14H,4-5H2. The van der Waals surface area contributed by atoms with Gasteiger partial charge in [-0.05, 0) is 22.4 Å². The Morgan fingerprint density at radius 2 is 2.40 bits per heavy atom. The lowest BCUT2D eigenvalue weighted by molar-refractivity contribution is 0.151. The van der Waals surface area contributed by atoms with Gasteiger partial charge in [0.05, 0.1) is 25.5 Å². The van der Waals surface area contributed by atoms with E-state index in [0.29, 0.717) is 12.2 Å². The summed E-state index contributed by atoms with van der Waals surface area (Å²) in [6, 6.07) is 1.87. The van der Waals surface area contributed by atoms with Crippen LogP contribution in [0.25, 0.3) is 0 Å². The molecule has 0 aliphatic heterocycles. The van der Waals surface area contributed by atoms with Crippen molar-refractivity contribution < 1.29 is 10.2 Å². The van der Waals surface area contributed by atoms with Crippen LogP contribution in [-0.4, -0.2) is 25.2 Å². The number of thiophene rings is 1. The molecule has 0 fully saturated rings. The van der Waals surface area contributed by atoms with Gasteiger partial charge in [-0.3, -0.25) is 0 Å². The molecule has 1 atom stereocenters. The highest BCUT2D eigenvalue weighted by molar-refractivity contribution is 7.07. The zero-order valence-electron chi connectivity index (χ0n) is 7.95. The van der Waals surface area contributed by atoms with Gasteiger partial charge < -0.3 is 10.2 Å². The maximum Gasteiger partial charge on any atom is 0.108 e. The van der Waals surface area contributed by atoms with Crippen LogP contribution in [0.2, 0.25) is 0 Å². The average Bonchev–Trinajstić information content (AvgIpc) is 2.87. The summed E-state index contributed by atoms with van der Waals surface area (Å²) in [5, 5.41) is 29.9. The lowest BCUT2D eigenvalue weighted by Gasteiger charge is -2.07. The van der Waals surface area contributed by atoms with Crippen LogP contribution in [0.5, 0.6) is 0 Å². The Kier molecular flexibility index (Phi) is 3.10. The molecule has 2 aromatic heterocycles. The third-order valence-electron chi connectivity index (χ3n) is 2.04. The first-order valence-corrected chi connectivity index (χ1v) is 5.44. The maximum atomic E-state index is 9.80. The summed E-state index contributed by atoms with van der Waals surface area (Å²) in [4.78, 5) is 0. The van der Waals surface area contributed by atoms with Gasteiger partial charge in [0.2, 0.25) is 0 Å². The highest BCUT2D eigenvalue weighted by atomic mass is 32.1. The lowest BCUT2D eigenvalue weighted by atomic mass is 10.2. The predicted molar refractivity (Wildman–Crippen MR) is 55.2 cm³/mol. The molecule has 2 aromatic rings. The summed E-state index contributed by atoms with van der Waals surface area (Å²) < 4.78 is 1.52. The summed E-state index contributed by atoms with van der Waals surface area (Å²) in [6.07, 6.45) is 1.04. The number of hydrogen-bond donors (Lipinski definition) is 2. The van der Waals surface area contributed by atoms with Gasteiger partial charge in [-0.15, -0.1) is 5.10 Å². The minimum absolute atomic E-state index is 0.130. The minimum Gasteiger partial charge on any atom is -0.390 e. The molecule has 0 aliphatic rings. The van der Waals surface area contributed by atoms with E-state index >= 15 is 0 Å². The van der Waals surface area contributed by atoms with Gasteiger partial charge in [-0.25, -0.2) is 4.68 Å². The van der Waals surface area contributed by atoms with Crippen molar-refractivity contribution in [2.45, 2.75) is 19.3 Å². The van der Waals surface area contributed by atoms with E-state index in [1.807, 2.05) is 16.8 Å². The van der Waals surface area contributed by atoms with Gasteiger partial charge in [0, 0.05) is 0 Å². The molecule has 0 aliphatic carbocycles.